The van der Waals surface area contributed by atoms with Crippen LogP contribution in [0.4, 0.5) is 17.2 Å². The molecule has 0 aliphatic heterocycles. The van der Waals surface area contributed by atoms with E-state index >= 15 is 0 Å². The highest BCUT2D eigenvalue weighted by Gasteiger charge is 2.10. The van der Waals surface area contributed by atoms with E-state index in [2.05, 4.69) is 20.6 Å². The Morgan fingerprint density at radius 3 is 2.35 bits per heavy atom. The molecule has 1 heterocycles. The molecule has 0 saturated carbocycles. The molecule has 6 heteroatoms. The summed E-state index contributed by atoms with van der Waals surface area (Å²) >= 11 is 6.02. The molecule has 0 aliphatic rings. The van der Waals surface area contributed by atoms with Crippen LogP contribution in [0.25, 0.3) is 0 Å². The molecular weight excluding hydrogens is 348 g/mol. The molecule has 0 spiro atoms. The predicted octanol–water partition coefficient (Wildman–Crippen LogP) is 5.05. The van der Waals surface area contributed by atoms with Gasteiger partial charge in [-0.1, -0.05) is 23.7 Å². The molecule has 26 heavy (non-hydrogen) atoms. The van der Waals surface area contributed by atoms with Gasteiger partial charge in [0.1, 0.15) is 11.5 Å². The minimum Gasteiger partial charge on any atom is -0.339 e. The number of aromatic nitrogens is 2. The van der Waals surface area contributed by atoms with Crippen LogP contribution in [0.15, 0.2) is 48.8 Å². The van der Waals surface area contributed by atoms with Gasteiger partial charge in [0.15, 0.2) is 0 Å². The molecule has 3 rings (SSSR count). The summed E-state index contributed by atoms with van der Waals surface area (Å²) in [6, 6.07) is 11.4. The Kier molecular flexibility index (Phi) is 5.19. The van der Waals surface area contributed by atoms with E-state index in [4.69, 9.17) is 11.6 Å². The molecule has 0 saturated heterocycles. The molecule has 0 bridgehead atoms. The number of nitrogens with zero attached hydrogens (tertiary/aromatic N) is 2. The number of anilines is 3. The number of carbonyl (C=O) groups excluding carboxylic acids is 1. The number of nitrogens with one attached hydrogen (secondary N) is 2. The Bertz CT molecular complexity index is 934. The van der Waals surface area contributed by atoms with Crippen LogP contribution in [0.1, 0.15) is 27.2 Å². The van der Waals surface area contributed by atoms with Crippen LogP contribution in [0.2, 0.25) is 5.02 Å². The third-order valence-corrected chi connectivity index (χ3v) is 4.06. The Labute approximate surface area is 157 Å². The smallest absolute Gasteiger partial charge is 0.275 e. The Hall–Kier alpha value is -2.92. The number of hydrogen-bond donors (Lipinski definition) is 2. The quantitative estimate of drug-likeness (QED) is 0.678. The van der Waals surface area contributed by atoms with Gasteiger partial charge in [0.2, 0.25) is 0 Å². The van der Waals surface area contributed by atoms with Crippen LogP contribution in [-0.4, -0.2) is 15.9 Å². The fourth-order valence-electron chi connectivity index (χ4n) is 2.62. The summed E-state index contributed by atoms with van der Waals surface area (Å²) in [5.74, 6) is 0.242. The van der Waals surface area contributed by atoms with Crippen molar-refractivity contribution in [2.75, 3.05) is 10.6 Å². The van der Waals surface area contributed by atoms with Crippen LogP contribution >= 0.6 is 11.6 Å². The SMILES string of the molecule is Cc1cc(C)cc(NC(=O)c2cnc(Nc3cc(Cl)ccc3C)cn2)c1. The van der Waals surface area contributed by atoms with Crippen LogP contribution < -0.4 is 10.6 Å². The average Bonchev–Trinajstić information content (AvgIpc) is 2.58. The van der Waals surface area contributed by atoms with Crippen molar-refractivity contribution in [1.29, 1.82) is 0 Å². The minimum absolute atomic E-state index is 0.248. The molecule has 2 N–H and O–H groups in total. The van der Waals surface area contributed by atoms with Gasteiger partial charge in [0.05, 0.1) is 12.4 Å². The van der Waals surface area contributed by atoms with Crippen molar-refractivity contribution in [3.05, 3.63) is 76.2 Å². The number of amides is 1. The first-order valence-corrected chi connectivity index (χ1v) is 8.53. The van der Waals surface area contributed by atoms with Crippen LogP contribution in [-0.2, 0) is 0 Å². The lowest BCUT2D eigenvalue weighted by atomic mass is 10.1. The zero-order chi connectivity index (χ0) is 18.7. The summed E-state index contributed by atoms with van der Waals surface area (Å²) in [5, 5.41) is 6.64. The molecule has 1 amide bonds. The fraction of sp³-hybridized carbons (Fsp3) is 0.150. The molecule has 0 radical (unpaired) electrons. The largest absolute Gasteiger partial charge is 0.339 e. The maximum absolute atomic E-state index is 12.4. The second kappa shape index (κ2) is 7.54. The number of hydrogen-bond acceptors (Lipinski definition) is 4. The molecule has 2 aromatic carbocycles. The van der Waals surface area contributed by atoms with Crippen LogP contribution in [0.3, 0.4) is 0 Å². The van der Waals surface area contributed by atoms with E-state index in [1.165, 1.54) is 12.4 Å². The molecular formula is C20H19ClN4O. The Morgan fingerprint density at radius 1 is 0.962 bits per heavy atom. The van der Waals surface area contributed by atoms with E-state index in [0.717, 1.165) is 28.1 Å². The van der Waals surface area contributed by atoms with Gasteiger partial charge in [-0.15, -0.1) is 0 Å². The highest BCUT2D eigenvalue weighted by molar-refractivity contribution is 6.30. The van der Waals surface area contributed by atoms with Crippen LogP contribution in [0.5, 0.6) is 0 Å². The second-order valence-corrected chi connectivity index (χ2v) is 6.64. The van der Waals surface area contributed by atoms with E-state index < -0.39 is 0 Å². The van der Waals surface area contributed by atoms with Crippen molar-refractivity contribution in [2.24, 2.45) is 0 Å². The monoisotopic (exact) mass is 366 g/mol. The maximum Gasteiger partial charge on any atom is 0.275 e. The first-order chi connectivity index (χ1) is 12.4. The molecule has 0 unspecified atom stereocenters. The van der Waals surface area contributed by atoms with Crippen molar-refractivity contribution >= 4 is 34.7 Å². The highest BCUT2D eigenvalue weighted by atomic mass is 35.5. The summed E-state index contributed by atoms with van der Waals surface area (Å²) in [5.41, 5.74) is 5.04. The summed E-state index contributed by atoms with van der Waals surface area (Å²) in [6.45, 7) is 5.94. The average molecular weight is 367 g/mol. The first-order valence-electron chi connectivity index (χ1n) is 8.15. The summed E-state index contributed by atoms with van der Waals surface area (Å²) in [7, 11) is 0. The van der Waals surface area contributed by atoms with Gasteiger partial charge in [-0.3, -0.25) is 4.79 Å². The van der Waals surface area contributed by atoms with E-state index in [1.807, 2.05) is 57.2 Å². The maximum atomic E-state index is 12.4. The zero-order valence-electron chi connectivity index (χ0n) is 14.8. The van der Waals surface area contributed by atoms with E-state index in [0.29, 0.717) is 10.8 Å². The topological polar surface area (TPSA) is 66.9 Å². The van der Waals surface area contributed by atoms with Gasteiger partial charge in [-0.25, -0.2) is 9.97 Å². The Balaban J connectivity index is 1.72. The number of rotatable bonds is 4. The van der Waals surface area contributed by atoms with Crippen molar-refractivity contribution in [2.45, 2.75) is 20.8 Å². The fourth-order valence-corrected chi connectivity index (χ4v) is 2.79. The molecule has 132 valence electrons. The lowest BCUT2D eigenvalue weighted by Crippen LogP contribution is -2.14. The van der Waals surface area contributed by atoms with E-state index in [-0.39, 0.29) is 11.6 Å². The van der Waals surface area contributed by atoms with E-state index in [9.17, 15) is 4.79 Å². The highest BCUT2D eigenvalue weighted by Crippen LogP contribution is 2.23. The Morgan fingerprint density at radius 2 is 1.69 bits per heavy atom. The van der Waals surface area contributed by atoms with Gasteiger partial charge < -0.3 is 10.6 Å². The second-order valence-electron chi connectivity index (χ2n) is 6.20. The van der Waals surface area contributed by atoms with Gasteiger partial charge in [-0.2, -0.15) is 0 Å². The van der Waals surface area contributed by atoms with Gasteiger partial charge >= 0.3 is 0 Å². The predicted molar refractivity (Wildman–Crippen MR) is 105 cm³/mol. The van der Waals surface area contributed by atoms with Crippen molar-refractivity contribution in [3.8, 4) is 0 Å². The lowest BCUT2D eigenvalue weighted by molar-refractivity contribution is 0.102. The zero-order valence-corrected chi connectivity index (χ0v) is 15.6. The van der Waals surface area contributed by atoms with Crippen molar-refractivity contribution in [3.63, 3.8) is 0 Å². The van der Waals surface area contributed by atoms with Crippen molar-refractivity contribution < 1.29 is 4.79 Å². The third-order valence-electron chi connectivity index (χ3n) is 3.83. The first kappa shape index (κ1) is 17.9. The lowest BCUT2D eigenvalue weighted by Gasteiger charge is -2.10. The van der Waals surface area contributed by atoms with Crippen LogP contribution in [0, 0.1) is 20.8 Å². The molecule has 0 fully saturated rings. The number of carbonyl (C=O) groups is 1. The molecule has 0 atom stereocenters. The number of benzene rings is 2. The summed E-state index contributed by atoms with van der Waals surface area (Å²) < 4.78 is 0. The standard InChI is InChI=1S/C20H19ClN4O/c1-12-6-13(2)8-16(7-12)24-20(26)18-10-23-19(11-22-18)25-17-9-15(21)5-4-14(17)3/h4-11H,1-3H3,(H,23,25)(H,24,26). The van der Waals surface area contributed by atoms with E-state index in [1.54, 1.807) is 0 Å². The number of aryl methyl sites for hydroxylation is 3. The normalized spacial score (nSPS) is 10.5. The molecule has 0 aliphatic carbocycles. The molecule has 1 aromatic heterocycles. The van der Waals surface area contributed by atoms with Gasteiger partial charge in [0, 0.05) is 16.4 Å². The molecule has 3 aromatic rings. The minimum atomic E-state index is -0.298. The third kappa shape index (κ3) is 4.37. The summed E-state index contributed by atoms with van der Waals surface area (Å²) in [6.07, 6.45) is 2.97. The van der Waals surface area contributed by atoms with Gasteiger partial charge in [-0.05, 0) is 61.7 Å². The number of halogens is 1. The molecule has 5 nitrogen and oxygen atoms in total. The van der Waals surface area contributed by atoms with Crippen molar-refractivity contribution in [1.82, 2.24) is 9.97 Å². The summed E-state index contributed by atoms with van der Waals surface area (Å²) in [4.78, 5) is 20.8. The van der Waals surface area contributed by atoms with Gasteiger partial charge in [0.25, 0.3) is 5.91 Å².